The number of amides is 2. The quantitative estimate of drug-likeness (QED) is 0.912. The van der Waals surface area contributed by atoms with Crippen molar-refractivity contribution < 1.29 is 9.53 Å². The van der Waals surface area contributed by atoms with Gasteiger partial charge in [-0.2, -0.15) is 0 Å². The number of piperazine rings is 1. The van der Waals surface area contributed by atoms with Gasteiger partial charge in [-0.1, -0.05) is 0 Å². The summed E-state index contributed by atoms with van der Waals surface area (Å²) in [6.07, 6.45) is 0. The second-order valence-electron chi connectivity index (χ2n) is 6.52. The highest BCUT2D eigenvalue weighted by molar-refractivity contribution is 5.80. The second-order valence-corrected chi connectivity index (χ2v) is 6.52. The monoisotopic (exact) mass is 344 g/mol. The molecule has 1 saturated heterocycles. The molecule has 2 amide bonds. The van der Waals surface area contributed by atoms with Crippen molar-refractivity contribution in [2.45, 2.75) is 6.54 Å². The lowest BCUT2D eigenvalue weighted by atomic mass is 10.1. The molecular weight excluding hydrogens is 320 g/mol. The molecule has 0 unspecified atom stereocenters. The molecule has 1 N–H and O–H groups in total. The first-order valence-electron chi connectivity index (χ1n) is 8.36. The van der Waals surface area contributed by atoms with E-state index < -0.39 is 0 Å². The van der Waals surface area contributed by atoms with Crippen LogP contribution in [0.1, 0.15) is 5.56 Å². The van der Waals surface area contributed by atoms with E-state index >= 15 is 0 Å². The number of fused-ring (bicyclic) bond motifs is 1. The van der Waals surface area contributed by atoms with Crippen LogP contribution in [0, 0.1) is 0 Å². The summed E-state index contributed by atoms with van der Waals surface area (Å²) < 4.78 is 5.19. The molecule has 25 heavy (non-hydrogen) atoms. The fraction of sp³-hybridized carbons (Fsp3) is 0.444. The zero-order chi connectivity index (χ0) is 18.0. The molecule has 0 radical (unpaired) electrons. The van der Waals surface area contributed by atoms with Crippen molar-refractivity contribution in [2.75, 3.05) is 47.4 Å². The van der Waals surface area contributed by atoms with Gasteiger partial charge in [-0.25, -0.2) is 4.79 Å². The predicted octanol–water partition coefficient (Wildman–Crippen LogP) is 1.34. The van der Waals surface area contributed by atoms with E-state index in [1.807, 2.05) is 29.2 Å². The van der Waals surface area contributed by atoms with Gasteiger partial charge in [0.05, 0.1) is 12.6 Å². The van der Waals surface area contributed by atoms with Crippen molar-refractivity contribution >= 4 is 16.9 Å². The molecule has 0 atom stereocenters. The van der Waals surface area contributed by atoms with Crippen LogP contribution in [0.5, 0.6) is 5.75 Å². The first-order valence-corrected chi connectivity index (χ1v) is 8.36. The lowest BCUT2D eigenvalue weighted by molar-refractivity contribution is 0.120. The SMILES string of the molecule is COc1ccc2cc(CN3CCN(C(=O)N(C)C)CC3)c(=O)[nH]c2c1. The molecule has 134 valence electrons. The second kappa shape index (κ2) is 7.14. The van der Waals surface area contributed by atoms with Gasteiger partial charge in [0.25, 0.3) is 5.56 Å². The number of ether oxygens (including phenoxy) is 1. The van der Waals surface area contributed by atoms with E-state index in [1.165, 1.54) is 0 Å². The Morgan fingerprint density at radius 1 is 1.20 bits per heavy atom. The topological polar surface area (TPSA) is 68.9 Å². The summed E-state index contributed by atoms with van der Waals surface area (Å²) in [5.74, 6) is 0.720. The van der Waals surface area contributed by atoms with Crippen molar-refractivity contribution in [3.8, 4) is 5.75 Å². The Balaban J connectivity index is 1.70. The highest BCUT2D eigenvalue weighted by Gasteiger charge is 2.22. The first kappa shape index (κ1) is 17.3. The molecule has 7 nitrogen and oxygen atoms in total. The number of carbonyl (C=O) groups is 1. The van der Waals surface area contributed by atoms with Gasteiger partial charge in [0.1, 0.15) is 5.75 Å². The highest BCUT2D eigenvalue weighted by Crippen LogP contribution is 2.19. The fourth-order valence-electron chi connectivity index (χ4n) is 3.09. The third-order valence-corrected chi connectivity index (χ3v) is 4.55. The summed E-state index contributed by atoms with van der Waals surface area (Å²) in [7, 11) is 5.13. The number of H-pyrrole nitrogens is 1. The standard InChI is InChI=1S/C18H24N4O3/c1-20(2)18(24)22-8-6-21(7-9-22)12-14-10-13-4-5-15(25-3)11-16(13)19-17(14)23/h4-5,10-11H,6-9,12H2,1-3H3,(H,19,23). The van der Waals surface area contributed by atoms with Gasteiger partial charge in [-0.05, 0) is 23.6 Å². The number of hydrogen-bond donors (Lipinski definition) is 1. The van der Waals surface area contributed by atoms with Crippen molar-refractivity contribution in [3.05, 3.63) is 40.2 Å². The van der Waals surface area contributed by atoms with E-state index in [4.69, 9.17) is 4.74 Å². The molecule has 3 rings (SSSR count). The van der Waals surface area contributed by atoms with Gasteiger partial charge in [0.15, 0.2) is 0 Å². The van der Waals surface area contributed by atoms with Crippen LogP contribution in [0.3, 0.4) is 0 Å². The van der Waals surface area contributed by atoms with E-state index in [1.54, 1.807) is 26.1 Å². The number of nitrogens with zero attached hydrogens (tertiary/aromatic N) is 3. The van der Waals surface area contributed by atoms with Gasteiger partial charge < -0.3 is 19.5 Å². The van der Waals surface area contributed by atoms with Crippen LogP contribution < -0.4 is 10.3 Å². The Morgan fingerprint density at radius 3 is 2.56 bits per heavy atom. The van der Waals surface area contributed by atoms with Gasteiger partial charge in [0.2, 0.25) is 0 Å². The Bertz CT molecular complexity index is 823. The normalized spacial score (nSPS) is 15.4. The van der Waals surface area contributed by atoms with E-state index in [0.717, 1.165) is 35.3 Å². The minimum atomic E-state index is -0.0763. The Hall–Kier alpha value is -2.54. The molecule has 7 heteroatoms. The third kappa shape index (κ3) is 3.76. The maximum absolute atomic E-state index is 12.4. The van der Waals surface area contributed by atoms with E-state index in [0.29, 0.717) is 19.6 Å². The van der Waals surface area contributed by atoms with Crippen LogP contribution in [0.4, 0.5) is 4.79 Å². The lowest BCUT2D eigenvalue weighted by Crippen LogP contribution is -2.51. The summed E-state index contributed by atoms with van der Waals surface area (Å²) in [6, 6.07) is 7.63. The minimum absolute atomic E-state index is 0.0390. The Morgan fingerprint density at radius 2 is 1.92 bits per heavy atom. The molecule has 1 aliphatic heterocycles. The molecule has 0 aliphatic carbocycles. The van der Waals surface area contributed by atoms with Gasteiger partial charge in [-0.15, -0.1) is 0 Å². The summed E-state index contributed by atoms with van der Waals surface area (Å²) >= 11 is 0. The zero-order valence-electron chi connectivity index (χ0n) is 14.9. The smallest absolute Gasteiger partial charge is 0.319 e. The van der Waals surface area contributed by atoms with E-state index in [2.05, 4.69) is 9.88 Å². The number of methoxy groups -OCH3 is 1. The molecule has 0 bridgehead atoms. The van der Waals surface area contributed by atoms with Gasteiger partial charge in [0, 0.05) is 58.4 Å². The minimum Gasteiger partial charge on any atom is -0.497 e. The molecule has 0 saturated carbocycles. The average Bonchev–Trinajstić information content (AvgIpc) is 2.62. The molecule has 1 aliphatic rings. The van der Waals surface area contributed by atoms with Crippen LogP contribution >= 0.6 is 0 Å². The highest BCUT2D eigenvalue weighted by atomic mass is 16.5. The molecule has 1 aromatic heterocycles. The summed E-state index contributed by atoms with van der Waals surface area (Å²) in [4.78, 5) is 32.9. The zero-order valence-corrected chi connectivity index (χ0v) is 14.9. The molecule has 1 fully saturated rings. The number of benzene rings is 1. The molecule has 2 aromatic rings. The number of hydrogen-bond acceptors (Lipinski definition) is 4. The predicted molar refractivity (Wildman–Crippen MR) is 97.1 cm³/mol. The Labute approximate surface area is 146 Å². The fourth-order valence-corrected chi connectivity index (χ4v) is 3.09. The maximum Gasteiger partial charge on any atom is 0.319 e. The van der Waals surface area contributed by atoms with Crippen molar-refractivity contribution in [2.24, 2.45) is 0 Å². The van der Waals surface area contributed by atoms with Crippen molar-refractivity contribution in [3.63, 3.8) is 0 Å². The van der Waals surface area contributed by atoms with Crippen LogP contribution in [0.15, 0.2) is 29.1 Å². The summed E-state index contributed by atoms with van der Waals surface area (Å²) in [5, 5.41) is 0.983. The van der Waals surface area contributed by atoms with Gasteiger partial charge in [-0.3, -0.25) is 9.69 Å². The number of carbonyl (C=O) groups excluding carboxylic acids is 1. The number of urea groups is 1. The van der Waals surface area contributed by atoms with Gasteiger partial charge >= 0.3 is 6.03 Å². The molecule has 2 heterocycles. The van der Waals surface area contributed by atoms with E-state index in [9.17, 15) is 9.59 Å². The van der Waals surface area contributed by atoms with Crippen LogP contribution in [0.2, 0.25) is 0 Å². The molecular formula is C18H24N4O3. The number of aromatic amines is 1. The first-order chi connectivity index (χ1) is 12.0. The van der Waals surface area contributed by atoms with Crippen molar-refractivity contribution in [1.82, 2.24) is 19.7 Å². The van der Waals surface area contributed by atoms with E-state index in [-0.39, 0.29) is 11.6 Å². The third-order valence-electron chi connectivity index (χ3n) is 4.55. The lowest BCUT2D eigenvalue weighted by Gasteiger charge is -2.35. The molecule has 0 spiro atoms. The number of nitrogens with one attached hydrogen (secondary N) is 1. The summed E-state index contributed by atoms with van der Waals surface area (Å²) in [5.41, 5.74) is 1.44. The number of rotatable bonds is 3. The Kier molecular flexibility index (Phi) is 4.94. The number of pyridine rings is 1. The van der Waals surface area contributed by atoms with Crippen molar-refractivity contribution in [1.29, 1.82) is 0 Å². The summed E-state index contributed by atoms with van der Waals surface area (Å²) in [6.45, 7) is 3.47. The van der Waals surface area contributed by atoms with Crippen LogP contribution in [0.25, 0.3) is 10.9 Å². The average molecular weight is 344 g/mol. The maximum atomic E-state index is 12.4. The molecule has 1 aromatic carbocycles. The number of aromatic nitrogens is 1. The largest absolute Gasteiger partial charge is 0.497 e. The van der Waals surface area contributed by atoms with Crippen LogP contribution in [-0.4, -0.2) is 73.1 Å². The van der Waals surface area contributed by atoms with Crippen LogP contribution in [-0.2, 0) is 6.54 Å².